The molecule has 0 bridgehead atoms. The molecular formula is C12H16BrNO. The first-order valence-electron chi connectivity index (χ1n) is 5.32. The second-order valence-electron chi connectivity index (χ2n) is 4.25. The molecule has 0 radical (unpaired) electrons. The molecule has 0 saturated carbocycles. The molecular weight excluding hydrogens is 254 g/mol. The molecule has 1 unspecified atom stereocenters. The second kappa shape index (κ2) is 4.24. The molecule has 2 rings (SSSR count). The normalized spacial score (nSPS) is 26.6. The third-order valence-corrected chi connectivity index (χ3v) is 4.11. The van der Waals surface area contributed by atoms with Gasteiger partial charge in [0.15, 0.2) is 0 Å². The van der Waals surface area contributed by atoms with E-state index in [2.05, 4.69) is 21.2 Å². The van der Waals surface area contributed by atoms with Crippen molar-refractivity contribution in [3.05, 3.63) is 33.8 Å². The fourth-order valence-corrected chi connectivity index (χ4v) is 2.76. The number of nitrogens with one attached hydrogen (secondary N) is 1. The average Bonchev–Trinajstić information content (AvgIpc) is 2.23. The zero-order valence-electron chi connectivity index (χ0n) is 8.89. The summed E-state index contributed by atoms with van der Waals surface area (Å²) in [5.74, 6) is 0. The molecule has 0 aromatic heterocycles. The van der Waals surface area contributed by atoms with E-state index < -0.39 is 5.60 Å². The molecule has 82 valence electrons. The zero-order chi connectivity index (χ0) is 10.9. The number of piperidine rings is 1. The van der Waals surface area contributed by atoms with Gasteiger partial charge < -0.3 is 10.4 Å². The Hall–Kier alpha value is -0.380. The minimum absolute atomic E-state index is 0.648. The zero-order valence-corrected chi connectivity index (χ0v) is 10.5. The molecule has 1 aliphatic rings. The molecule has 1 heterocycles. The van der Waals surface area contributed by atoms with E-state index in [0.717, 1.165) is 29.4 Å². The Labute approximate surface area is 98.8 Å². The third kappa shape index (κ3) is 2.10. The summed E-state index contributed by atoms with van der Waals surface area (Å²) in [6, 6.07) is 6.05. The van der Waals surface area contributed by atoms with Crippen molar-refractivity contribution in [1.29, 1.82) is 0 Å². The van der Waals surface area contributed by atoms with Crippen LogP contribution in [0.15, 0.2) is 22.7 Å². The van der Waals surface area contributed by atoms with Crippen molar-refractivity contribution < 1.29 is 5.11 Å². The van der Waals surface area contributed by atoms with Crippen molar-refractivity contribution in [1.82, 2.24) is 5.32 Å². The highest BCUT2D eigenvalue weighted by Gasteiger charge is 2.32. The van der Waals surface area contributed by atoms with Crippen LogP contribution in [0.5, 0.6) is 0 Å². The fraction of sp³-hybridized carbons (Fsp3) is 0.500. The van der Waals surface area contributed by atoms with Crippen molar-refractivity contribution in [3.63, 3.8) is 0 Å². The lowest BCUT2D eigenvalue weighted by molar-refractivity contribution is 0.0116. The molecule has 3 heteroatoms. The maximum Gasteiger partial charge on any atom is 0.103 e. The molecule has 1 aliphatic heterocycles. The second-order valence-corrected chi connectivity index (χ2v) is 5.04. The van der Waals surface area contributed by atoms with Gasteiger partial charge >= 0.3 is 0 Å². The van der Waals surface area contributed by atoms with Gasteiger partial charge in [0.05, 0.1) is 0 Å². The van der Waals surface area contributed by atoms with E-state index >= 15 is 0 Å². The minimum Gasteiger partial charge on any atom is -0.384 e. The van der Waals surface area contributed by atoms with Crippen molar-refractivity contribution in [2.75, 3.05) is 13.1 Å². The van der Waals surface area contributed by atoms with Gasteiger partial charge in [-0.15, -0.1) is 0 Å². The summed E-state index contributed by atoms with van der Waals surface area (Å²) in [5, 5.41) is 13.8. The maximum atomic E-state index is 10.6. The van der Waals surface area contributed by atoms with Gasteiger partial charge in [0, 0.05) is 11.0 Å². The van der Waals surface area contributed by atoms with E-state index in [0.29, 0.717) is 6.54 Å². The third-order valence-electron chi connectivity index (χ3n) is 3.05. The van der Waals surface area contributed by atoms with Crippen molar-refractivity contribution in [3.8, 4) is 0 Å². The number of aryl methyl sites for hydroxylation is 1. The molecule has 0 spiro atoms. The van der Waals surface area contributed by atoms with Crippen LogP contribution in [-0.2, 0) is 5.60 Å². The highest BCUT2D eigenvalue weighted by molar-refractivity contribution is 9.10. The molecule has 1 saturated heterocycles. The molecule has 1 aromatic carbocycles. The Balaban J connectivity index is 2.39. The summed E-state index contributed by atoms with van der Waals surface area (Å²) in [5.41, 5.74) is 1.48. The summed E-state index contributed by atoms with van der Waals surface area (Å²) in [6.07, 6.45) is 1.86. The first-order valence-corrected chi connectivity index (χ1v) is 6.11. The van der Waals surface area contributed by atoms with E-state index in [1.54, 1.807) is 0 Å². The number of hydrogen-bond donors (Lipinski definition) is 2. The van der Waals surface area contributed by atoms with Crippen molar-refractivity contribution >= 4 is 15.9 Å². The van der Waals surface area contributed by atoms with Crippen LogP contribution in [0.1, 0.15) is 24.0 Å². The van der Waals surface area contributed by atoms with Crippen LogP contribution in [-0.4, -0.2) is 18.2 Å². The highest BCUT2D eigenvalue weighted by Crippen LogP contribution is 2.34. The first-order chi connectivity index (χ1) is 7.13. The van der Waals surface area contributed by atoms with E-state index in [1.165, 1.54) is 5.56 Å². The molecule has 1 fully saturated rings. The van der Waals surface area contributed by atoms with Crippen molar-refractivity contribution in [2.45, 2.75) is 25.4 Å². The largest absolute Gasteiger partial charge is 0.384 e. The van der Waals surface area contributed by atoms with Crippen LogP contribution in [0.2, 0.25) is 0 Å². The van der Waals surface area contributed by atoms with E-state index in [4.69, 9.17) is 0 Å². The number of rotatable bonds is 1. The first kappa shape index (κ1) is 11.1. The van der Waals surface area contributed by atoms with Gasteiger partial charge in [0.25, 0.3) is 0 Å². The highest BCUT2D eigenvalue weighted by atomic mass is 79.9. The Morgan fingerprint density at radius 1 is 1.47 bits per heavy atom. The monoisotopic (exact) mass is 269 g/mol. The average molecular weight is 270 g/mol. The standard InChI is InChI=1S/C12H16BrNO/c1-9-4-2-5-10(11(9)13)12(15)6-3-7-14-8-12/h2,4-5,14-15H,3,6-8H2,1H3. The molecule has 0 aliphatic carbocycles. The van der Waals surface area contributed by atoms with E-state index in [-0.39, 0.29) is 0 Å². The molecule has 0 amide bonds. The number of hydrogen-bond acceptors (Lipinski definition) is 2. The lowest BCUT2D eigenvalue weighted by Gasteiger charge is -2.34. The molecule has 2 nitrogen and oxygen atoms in total. The summed E-state index contributed by atoms with van der Waals surface area (Å²) < 4.78 is 1.04. The Kier molecular flexibility index (Phi) is 3.14. The van der Waals surface area contributed by atoms with Gasteiger partial charge in [-0.3, -0.25) is 0 Å². The lowest BCUT2D eigenvalue weighted by Crippen LogP contribution is -2.43. The van der Waals surface area contributed by atoms with Crippen LogP contribution in [0.25, 0.3) is 0 Å². The van der Waals surface area contributed by atoms with Crippen LogP contribution < -0.4 is 5.32 Å². The molecule has 2 N–H and O–H groups in total. The maximum absolute atomic E-state index is 10.6. The molecule has 1 atom stereocenters. The van der Waals surface area contributed by atoms with Gasteiger partial charge in [-0.1, -0.05) is 34.1 Å². The van der Waals surface area contributed by atoms with Gasteiger partial charge in [0.2, 0.25) is 0 Å². The summed E-state index contributed by atoms with van der Waals surface area (Å²) >= 11 is 3.56. The van der Waals surface area contributed by atoms with E-state index in [9.17, 15) is 5.11 Å². The van der Waals surface area contributed by atoms with Gasteiger partial charge in [-0.05, 0) is 37.4 Å². The number of β-amino-alcohol motifs (C(OH)–C–C–N with tert-alkyl or cyclic N) is 1. The van der Waals surface area contributed by atoms with Crippen LogP contribution in [0.3, 0.4) is 0 Å². The summed E-state index contributed by atoms with van der Waals surface area (Å²) in [7, 11) is 0. The van der Waals surface area contributed by atoms with Crippen molar-refractivity contribution in [2.24, 2.45) is 0 Å². The summed E-state index contributed by atoms with van der Waals surface area (Å²) in [4.78, 5) is 0. The number of aliphatic hydroxyl groups is 1. The van der Waals surface area contributed by atoms with Crippen LogP contribution in [0, 0.1) is 6.92 Å². The fourth-order valence-electron chi connectivity index (χ4n) is 2.13. The predicted molar refractivity (Wildman–Crippen MR) is 64.9 cm³/mol. The van der Waals surface area contributed by atoms with Crippen LogP contribution >= 0.6 is 15.9 Å². The minimum atomic E-state index is -0.705. The smallest absolute Gasteiger partial charge is 0.103 e. The Morgan fingerprint density at radius 2 is 2.27 bits per heavy atom. The van der Waals surface area contributed by atoms with Gasteiger partial charge in [-0.25, -0.2) is 0 Å². The van der Waals surface area contributed by atoms with Crippen LogP contribution in [0.4, 0.5) is 0 Å². The van der Waals surface area contributed by atoms with Gasteiger partial charge in [-0.2, -0.15) is 0 Å². The lowest BCUT2D eigenvalue weighted by atomic mass is 9.86. The van der Waals surface area contributed by atoms with E-state index in [1.807, 2.05) is 25.1 Å². The summed E-state index contributed by atoms with van der Waals surface area (Å²) in [6.45, 7) is 3.70. The quantitative estimate of drug-likeness (QED) is 0.821. The topological polar surface area (TPSA) is 32.3 Å². The SMILES string of the molecule is Cc1cccc(C2(O)CCCNC2)c1Br. The molecule has 1 aromatic rings. The Morgan fingerprint density at radius 3 is 2.93 bits per heavy atom. The Bertz CT molecular complexity index is 359. The van der Waals surface area contributed by atoms with Gasteiger partial charge in [0.1, 0.15) is 5.60 Å². The predicted octanol–water partition coefficient (Wildman–Crippen LogP) is 2.33. The number of halogens is 1. The molecule has 15 heavy (non-hydrogen) atoms. The number of benzene rings is 1.